The zero-order valence-electron chi connectivity index (χ0n) is 20.5. The molecule has 0 N–H and O–H groups in total. The van der Waals surface area contributed by atoms with Gasteiger partial charge in [0.05, 0.1) is 11.5 Å². The lowest BCUT2D eigenvalue weighted by Gasteiger charge is -2.46. The number of fused-ring (bicyclic) bond motifs is 1. The molecule has 0 saturated heterocycles. The Kier molecular flexibility index (Phi) is 8.42. The van der Waals surface area contributed by atoms with Gasteiger partial charge in [0.1, 0.15) is 0 Å². The Bertz CT molecular complexity index is 875. The molecule has 1 aromatic rings. The molecule has 0 heterocycles. The quantitative estimate of drug-likeness (QED) is 0.222. The predicted molar refractivity (Wildman–Crippen MR) is 124 cm³/mol. The van der Waals surface area contributed by atoms with Gasteiger partial charge in [0, 0.05) is 0 Å². The van der Waals surface area contributed by atoms with Crippen molar-refractivity contribution in [2.45, 2.75) is 96.6 Å². The number of rotatable bonds is 6. The topological polar surface area (TPSA) is 26.3 Å². The van der Waals surface area contributed by atoms with Crippen molar-refractivity contribution in [2.24, 2.45) is 35.5 Å². The standard InChI is InChI=1S/C28H37F5O2/c1-2-3-5-17-8-10-18(11-9-17)19-12-13-21-20(16-19)6-4-7-22(21)27(34)35-24-15-14-23(28(31,32)33)25(29)26(24)30/h14-15,17-22H,2-13,16H2,1H3. The highest BCUT2D eigenvalue weighted by atomic mass is 19.4. The lowest BCUT2D eigenvalue weighted by molar-refractivity contribution is -0.144. The zero-order valence-corrected chi connectivity index (χ0v) is 20.5. The second-order valence-electron chi connectivity index (χ2n) is 11.1. The molecule has 4 rings (SSSR count). The van der Waals surface area contributed by atoms with E-state index in [-0.39, 0.29) is 5.92 Å². The molecule has 0 bridgehead atoms. The average Bonchev–Trinajstić information content (AvgIpc) is 2.84. The van der Waals surface area contributed by atoms with Crippen LogP contribution in [0, 0.1) is 47.1 Å². The third-order valence-corrected chi connectivity index (χ3v) is 9.08. The zero-order chi connectivity index (χ0) is 25.2. The molecule has 1 aromatic carbocycles. The number of esters is 1. The van der Waals surface area contributed by atoms with E-state index < -0.39 is 41.0 Å². The van der Waals surface area contributed by atoms with Crippen LogP contribution in [0.4, 0.5) is 22.0 Å². The van der Waals surface area contributed by atoms with Crippen LogP contribution in [0.25, 0.3) is 0 Å². The van der Waals surface area contributed by atoms with Crippen LogP contribution in [0.15, 0.2) is 12.1 Å². The van der Waals surface area contributed by atoms with E-state index in [1.165, 1.54) is 44.9 Å². The summed E-state index contributed by atoms with van der Waals surface area (Å²) in [5.41, 5.74) is -1.70. The van der Waals surface area contributed by atoms with Crippen LogP contribution in [0.2, 0.25) is 0 Å². The van der Waals surface area contributed by atoms with Crippen molar-refractivity contribution in [3.8, 4) is 5.75 Å². The molecule has 3 saturated carbocycles. The minimum Gasteiger partial charge on any atom is -0.423 e. The van der Waals surface area contributed by atoms with Gasteiger partial charge in [0.2, 0.25) is 5.82 Å². The number of alkyl halides is 3. The Hall–Kier alpha value is -1.66. The Morgan fingerprint density at radius 3 is 2.31 bits per heavy atom. The summed E-state index contributed by atoms with van der Waals surface area (Å²) in [6, 6.07) is 1.13. The Balaban J connectivity index is 1.35. The van der Waals surface area contributed by atoms with E-state index in [0.717, 1.165) is 43.9 Å². The average molecular weight is 501 g/mol. The van der Waals surface area contributed by atoms with Crippen LogP contribution in [-0.4, -0.2) is 5.97 Å². The fourth-order valence-electron chi connectivity index (χ4n) is 7.17. The summed E-state index contributed by atoms with van der Waals surface area (Å²) in [5.74, 6) is -2.71. The first-order valence-corrected chi connectivity index (χ1v) is 13.5. The third kappa shape index (κ3) is 6.02. The number of hydrogen-bond acceptors (Lipinski definition) is 2. The van der Waals surface area contributed by atoms with Gasteiger partial charge in [-0.2, -0.15) is 17.6 Å². The lowest BCUT2D eigenvalue weighted by atomic mass is 9.59. The summed E-state index contributed by atoms with van der Waals surface area (Å²) in [6.07, 6.45) is 9.89. The Labute approximate surface area is 205 Å². The number of carbonyl (C=O) groups excluding carboxylic acids is 1. The number of benzene rings is 1. The maximum atomic E-state index is 14.3. The molecular formula is C28H37F5O2. The summed E-state index contributed by atoms with van der Waals surface area (Å²) in [7, 11) is 0. The fraction of sp³-hybridized carbons (Fsp3) is 0.750. The molecule has 0 amide bonds. The van der Waals surface area contributed by atoms with Crippen molar-refractivity contribution in [2.75, 3.05) is 0 Å². The Morgan fingerprint density at radius 2 is 1.63 bits per heavy atom. The van der Waals surface area contributed by atoms with Crippen molar-refractivity contribution in [1.82, 2.24) is 0 Å². The smallest absolute Gasteiger partial charge is 0.419 e. The number of halogens is 5. The number of hydrogen-bond donors (Lipinski definition) is 0. The molecule has 3 aliphatic rings. The van der Waals surface area contributed by atoms with E-state index in [0.29, 0.717) is 30.4 Å². The van der Waals surface area contributed by atoms with Gasteiger partial charge in [-0.15, -0.1) is 0 Å². The van der Waals surface area contributed by atoms with E-state index in [2.05, 4.69) is 6.92 Å². The van der Waals surface area contributed by atoms with Crippen LogP contribution in [0.3, 0.4) is 0 Å². The first-order chi connectivity index (χ1) is 16.7. The van der Waals surface area contributed by atoms with E-state index in [1.54, 1.807) is 0 Å². The lowest BCUT2D eigenvalue weighted by Crippen LogP contribution is -2.40. The van der Waals surface area contributed by atoms with Gasteiger partial charge >= 0.3 is 12.1 Å². The van der Waals surface area contributed by atoms with E-state index in [1.807, 2.05) is 0 Å². The maximum Gasteiger partial charge on any atom is 0.419 e. The molecular weight excluding hydrogens is 463 g/mol. The number of carbonyl (C=O) groups is 1. The van der Waals surface area contributed by atoms with Gasteiger partial charge in [0.25, 0.3) is 0 Å². The van der Waals surface area contributed by atoms with E-state index in [4.69, 9.17) is 4.74 Å². The first kappa shape index (κ1) is 26.4. The highest BCUT2D eigenvalue weighted by Crippen LogP contribution is 2.50. The van der Waals surface area contributed by atoms with Crippen molar-refractivity contribution < 1.29 is 31.5 Å². The fourth-order valence-corrected chi connectivity index (χ4v) is 7.17. The van der Waals surface area contributed by atoms with Crippen molar-refractivity contribution in [3.05, 3.63) is 29.3 Å². The molecule has 7 heteroatoms. The molecule has 2 nitrogen and oxygen atoms in total. The van der Waals surface area contributed by atoms with Crippen molar-refractivity contribution in [3.63, 3.8) is 0 Å². The molecule has 35 heavy (non-hydrogen) atoms. The highest BCUT2D eigenvalue weighted by Gasteiger charge is 2.44. The predicted octanol–water partition coefficient (Wildman–Crippen LogP) is 8.72. The molecule has 0 aliphatic heterocycles. The van der Waals surface area contributed by atoms with Crippen LogP contribution < -0.4 is 4.74 Å². The van der Waals surface area contributed by atoms with E-state index in [9.17, 15) is 26.7 Å². The molecule has 0 aromatic heterocycles. The minimum absolute atomic E-state index is 0.149. The van der Waals surface area contributed by atoms with Gasteiger partial charge in [-0.05, 0) is 80.2 Å². The second kappa shape index (κ2) is 11.2. The normalized spacial score (nSPS) is 31.6. The van der Waals surface area contributed by atoms with Crippen LogP contribution >= 0.6 is 0 Å². The van der Waals surface area contributed by atoms with E-state index >= 15 is 0 Å². The number of ether oxygens (including phenoxy) is 1. The van der Waals surface area contributed by atoms with Gasteiger partial charge in [-0.3, -0.25) is 4.79 Å². The van der Waals surface area contributed by atoms with Gasteiger partial charge in [0.15, 0.2) is 11.6 Å². The molecule has 3 fully saturated rings. The molecule has 0 radical (unpaired) electrons. The van der Waals surface area contributed by atoms with Crippen LogP contribution in [0.5, 0.6) is 5.75 Å². The molecule has 4 unspecified atom stereocenters. The molecule has 196 valence electrons. The number of unbranched alkanes of at least 4 members (excludes halogenated alkanes) is 1. The van der Waals surface area contributed by atoms with Gasteiger partial charge in [-0.1, -0.05) is 51.9 Å². The third-order valence-electron chi connectivity index (χ3n) is 9.08. The van der Waals surface area contributed by atoms with Crippen molar-refractivity contribution in [1.29, 1.82) is 0 Å². The molecule has 3 aliphatic carbocycles. The minimum atomic E-state index is -5.02. The maximum absolute atomic E-state index is 14.3. The molecule has 4 atom stereocenters. The van der Waals surface area contributed by atoms with Gasteiger partial charge < -0.3 is 4.74 Å². The van der Waals surface area contributed by atoms with Gasteiger partial charge in [-0.25, -0.2) is 4.39 Å². The largest absolute Gasteiger partial charge is 0.423 e. The monoisotopic (exact) mass is 500 g/mol. The van der Waals surface area contributed by atoms with Crippen LogP contribution in [0.1, 0.15) is 96.0 Å². The Morgan fingerprint density at radius 1 is 0.914 bits per heavy atom. The van der Waals surface area contributed by atoms with Crippen molar-refractivity contribution >= 4 is 5.97 Å². The van der Waals surface area contributed by atoms with Crippen LogP contribution in [-0.2, 0) is 11.0 Å². The summed E-state index contributed by atoms with van der Waals surface area (Å²) in [4.78, 5) is 12.9. The summed E-state index contributed by atoms with van der Waals surface area (Å²) in [5, 5.41) is 0. The first-order valence-electron chi connectivity index (χ1n) is 13.5. The summed E-state index contributed by atoms with van der Waals surface area (Å²) >= 11 is 0. The molecule has 0 spiro atoms. The summed E-state index contributed by atoms with van der Waals surface area (Å²) < 4.78 is 71.8. The highest BCUT2D eigenvalue weighted by molar-refractivity contribution is 5.75. The second-order valence-corrected chi connectivity index (χ2v) is 11.1. The summed E-state index contributed by atoms with van der Waals surface area (Å²) in [6.45, 7) is 2.25. The SMILES string of the molecule is CCCCC1CCC(C2CCC3C(CCCC3C(=O)Oc3ccc(C(F)(F)F)c(F)c3F)C2)CC1.